The lowest BCUT2D eigenvalue weighted by Crippen LogP contribution is -2.05. The van der Waals surface area contributed by atoms with Crippen molar-refractivity contribution in [3.63, 3.8) is 0 Å². The molecule has 4 nitrogen and oxygen atoms in total. The van der Waals surface area contributed by atoms with E-state index >= 15 is 0 Å². The van der Waals surface area contributed by atoms with E-state index in [0.717, 1.165) is 35.5 Å². The zero-order chi connectivity index (χ0) is 20.8. The Morgan fingerprint density at radius 3 is 2.47 bits per heavy atom. The standard InChI is InChI=1S/C26H26O4/c1-28-26(27)16-9-19-7-12-22(13-8-19)30-25-15-11-21-10-14-23(17-24(21)25)29-18-20-5-3-2-4-6-20/h2-8,10,12-14,17,25H,9,11,15-16,18H2,1H3. The molecule has 0 aromatic heterocycles. The molecule has 3 aromatic rings. The highest BCUT2D eigenvalue weighted by Gasteiger charge is 2.24. The maximum atomic E-state index is 11.3. The monoisotopic (exact) mass is 402 g/mol. The van der Waals surface area contributed by atoms with Gasteiger partial charge in [-0.15, -0.1) is 0 Å². The van der Waals surface area contributed by atoms with Crippen LogP contribution in [0, 0.1) is 0 Å². The van der Waals surface area contributed by atoms with Gasteiger partial charge in [0.05, 0.1) is 7.11 Å². The second kappa shape index (κ2) is 9.49. The number of fused-ring (bicyclic) bond motifs is 1. The van der Waals surface area contributed by atoms with Crippen molar-refractivity contribution in [2.75, 3.05) is 7.11 Å². The molecule has 0 saturated carbocycles. The van der Waals surface area contributed by atoms with Gasteiger partial charge in [-0.3, -0.25) is 4.79 Å². The summed E-state index contributed by atoms with van der Waals surface area (Å²) < 4.78 is 17.0. The van der Waals surface area contributed by atoms with Gasteiger partial charge in [-0.05, 0) is 65.8 Å². The third-order valence-corrected chi connectivity index (χ3v) is 5.44. The molecule has 30 heavy (non-hydrogen) atoms. The number of carbonyl (C=O) groups is 1. The molecule has 0 saturated heterocycles. The third-order valence-electron chi connectivity index (χ3n) is 5.44. The van der Waals surface area contributed by atoms with Crippen molar-refractivity contribution >= 4 is 5.97 Å². The molecule has 0 bridgehead atoms. The lowest BCUT2D eigenvalue weighted by Gasteiger charge is -2.16. The Kier molecular flexibility index (Phi) is 6.33. The molecule has 0 radical (unpaired) electrons. The Balaban J connectivity index is 1.38. The molecule has 0 aliphatic heterocycles. The molecular formula is C26H26O4. The van der Waals surface area contributed by atoms with Gasteiger partial charge in [-0.25, -0.2) is 0 Å². The van der Waals surface area contributed by atoms with Gasteiger partial charge in [0.1, 0.15) is 24.2 Å². The van der Waals surface area contributed by atoms with E-state index in [0.29, 0.717) is 19.4 Å². The molecule has 3 aromatic carbocycles. The highest BCUT2D eigenvalue weighted by atomic mass is 16.5. The fraction of sp³-hybridized carbons (Fsp3) is 0.269. The fourth-order valence-electron chi connectivity index (χ4n) is 3.74. The lowest BCUT2D eigenvalue weighted by molar-refractivity contribution is -0.140. The number of aryl methyl sites for hydroxylation is 2. The number of methoxy groups -OCH3 is 1. The molecule has 1 aliphatic carbocycles. The Bertz CT molecular complexity index is 980. The molecule has 154 valence electrons. The predicted molar refractivity (Wildman–Crippen MR) is 116 cm³/mol. The van der Waals surface area contributed by atoms with E-state index in [2.05, 4.69) is 24.3 Å². The maximum absolute atomic E-state index is 11.3. The number of carbonyl (C=O) groups excluding carboxylic acids is 1. The first kappa shape index (κ1) is 20.0. The topological polar surface area (TPSA) is 44.8 Å². The fourth-order valence-corrected chi connectivity index (χ4v) is 3.74. The summed E-state index contributed by atoms with van der Waals surface area (Å²) >= 11 is 0. The highest BCUT2D eigenvalue weighted by molar-refractivity contribution is 5.69. The second-order valence-electron chi connectivity index (χ2n) is 7.50. The Morgan fingerprint density at radius 1 is 0.933 bits per heavy atom. The van der Waals surface area contributed by atoms with Crippen molar-refractivity contribution in [1.82, 2.24) is 0 Å². The van der Waals surface area contributed by atoms with E-state index < -0.39 is 0 Å². The summed E-state index contributed by atoms with van der Waals surface area (Å²) in [6.07, 6.45) is 3.05. The summed E-state index contributed by atoms with van der Waals surface area (Å²) in [6.45, 7) is 0.554. The molecule has 1 unspecified atom stereocenters. The molecule has 0 N–H and O–H groups in total. The van der Waals surface area contributed by atoms with Crippen LogP contribution < -0.4 is 9.47 Å². The van der Waals surface area contributed by atoms with Gasteiger partial charge in [-0.1, -0.05) is 48.5 Å². The number of hydrogen-bond acceptors (Lipinski definition) is 4. The van der Waals surface area contributed by atoms with E-state index in [1.807, 2.05) is 48.5 Å². The molecule has 4 heteroatoms. The zero-order valence-electron chi connectivity index (χ0n) is 17.2. The largest absolute Gasteiger partial charge is 0.489 e. The summed E-state index contributed by atoms with van der Waals surface area (Å²) in [4.78, 5) is 11.3. The van der Waals surface area contributed by atoms with Crippen molar-refractivity contribution in [3.8, 4) is 11.5 Å². The zero-order valence-corrected chi connectivity index (χ0v) is 17.2. The van der Waals surface area contributed by atoms with E-state index in [1.165, 1.54) is 18.2 Å². The van der Waals surface area contributed by atoms with Crippen molar-refractivity contribution < 1.29 is 19.0 Å². The Morgan fingerprint density at radius 2 is 1.70 bits per heavy atom. The number of benzene rings is 3. The third kappa shape index (κ3) is 5.01. The van der Waals surface area contributed by atoms with Crippen LogP contribution in [0.4, 0.5) is 0 Å². The van der Waals surface area contributed by atoms with Crippen molar-refractivity contribution in [3.05, 3.63) is 95.1 Å². The highest BCUT2D eigenvalue weighted by Crippen LogP contribution is 2.37. The van der Waals surface area contributed by atoms with Crippen molar-refractivity contribution in [2.24, 2.45) is 0 Å². The van der Waals surface area contributed by atoms with Gasteiger partial charge < -0.3 is 14.2 Å². The van der Waals surface area contributed by atoms with Crippen molar-refractivity contribution in [2.45, 2.75) is 38.4 Å². The number of rotatable bonds is 8. The molecule has 0 amide bonds. The van der Waals surface area contributed by atoms with Gasteiger partial charge in [0.25, 0.3) is 0 Å². The molecule has 1 aliphatic rings. The van der Waals surface area contributed by atoms with Crippen LogP contribution in [0.25, 0.3) is 0 Å². The van der Waals surface area contributed by atoms with Crippen LogP contribution in [-0.2, 0) is 29.0 Å². The lowest BCUT2D eigenvalue weighted by atomic mass is 10.1. The minimum atomic E-state index is -0.192. The van der Waals surface area contributed by atoms with Crippen molar-refractivity contribution in [1.29, 1.82) is 0 Å². The Hall–Kier alpha value is -3.27. The minimum absolute atomic E-state index is 0.0289. The summed E-state index contributed by atoms with van der Waals surface area (Å²) in [5, 5.41) is 0. The van der Waals surface area contributed by atoms with E-state index in [-0.39, 0.29) is 12.1 Å². The number of ether oxygens (including phenoxy) is 3. The van der Waals surface area contributed by atoms with Crippen LogP contribution in [0.3, 0.4) is 0 Å². The normalized spacial score (nSPS) is 14.8. The summed E-state index contributed by atoms with van der Waals surface area (Å²) in [7, 11) is 1.41. The molecule has 4 rings (SSSR count). The average Bonchev–Trinajstić information content (AvgIpc) is 3.19. The van der Waals surface area contributed by atoms with Gasteiger partial charge in [0, 0.05) is 6.42 Å². The molecule has 1 atom stereocenters. The van der Waals surface area contributed by atoms with Crippen LogP contribution >= 0.6 is 0 Å². The first-order chi connectivity index (χ1) is 14.7. The number of esters is 1. The van der Waals surface area contributed by atoms with Gasteiger partial charge >= 0.3 is 5.97 Å². The molecule has 0 heterocycles. The average molecular weight is 402 g/mol. The summed E-state index contributed by atoms with van der Waals surface area (Å²) in [6, 6.07) is 24.4. The van der Waals surface area contributed by atoms with E-state index in [4.69, 9.17) is 14.2 Å². The molecule has 0 fully saturated rings. The SMILES string of the molecule is COC(=O)CCc1ccc(OC2CCc3ccc(OCc4ccccc4)cc32)cc1. The van der Waals surface area contributed by atoms with Gasteiger partial charge in [-0.2, -0.15) is 0 Å². The quantitative estimate of drug-likeness (QED) is 0.471. The van der Waals surface area contributed by atoms with Gasteiger partial charge in [0.15, 0.2) is 0 Å². The Labute approximate surface area is 177 Å². The smallest absolute Gasteiger partial charge is 0.305 e. The first-order valence-electron chi connectivity index (χ1n) is 10.3. The summed E-state index contributed by atoms with van der Waals surface area (Å²) in [5.41, 5.74) is 4.77. The van der Waals surface area contributed by atoms with Crippen LogP contribution in [-0.4, -0.2) is 13.1 Å². The van der Waals surface area contributed by atoms with Crippen LogP contribution in [0.15, 0.2) is 72.8 Å². The first-order valence-corrected chi connectivity index (χ1v) is 10.3. The molecular weight excluding hydrogens is 376 g/mol. The maximum Gasteiger partial charge on any atom is 0.305 e. The van der Waals surface area contributed by atoms with Gasteiger partial charge in [0.2, 0.25) is 0 Å². The number of hydrogen-bond donors (Lipinski definition) is 0. The minimum Gasteiger partial charge on any atom is -0.489 e. The van der Waals surface area contributed by atoms with Crippen LogP contribution in [0.1, 0.15) is 41.2 Å². The van der Waals surface area contributed by atoms with E-state index in [1.54, 1.807) is 0 Å². The van der Waals surface area contributed by atoms with E-state index in [9.17, 15) is 4.79 Å². The van der Waals surface area contributed by atoms with Crippen LogP contribution in [0.5, 0.6) is 11.5 Å². The molecule has 0 spiro atoms. The second-order valence-corrected chi connectivity index (χ2v) is 7.50. The summed E-state index contributed by atoms with van der Waals surface area (Å²) in [5.74, 6) is 1.51. The predicted octanol–water partition coefficient (Wildman–Crippen LogP) is 5.44. The van der Waals surface area contributed by atoms with Crippen LogP contribution in [0.2, 0.25) is 0 Å².